The number of thiophene rings is 1. The van der Waals surface area contributed by atoms with Crippen LogP contribution < -0.4 is 5.73 Å². The fourth-order valence-electron chi connectivity index (χ4n) is 2.62. The molecular weight excluding hydrogens is 248 g/mol. The summed E-state index contributed by atoms with van der Waals surface area (Å²) in [6.45, 7) is 4.22. The lowest BCUT2D eigenvalue weighted by Gasteiger charge is -2.26. The van der Waals surface area contributed by atoms with Crippen LogP contribution in [0.4, 0.5) is 5.00 Å². The number of nitrogens with zero attached hydrogens (tertiary/aromatic N) is 1. The molecule has 2 N–H and O–H groups in total. The fraction of sp³-hybridized carbons (Fsp3) is 0.615. The van der Waals surface area contributed by atoms with Crippen LogP contribution in [0.3, 0.4) is 0 Å². The van der Waals surface area contributed by atoms with Crippen molar-refractivity contribution in [3.63, 3.8) is 0 Å². The highest BCUT2D eigenvalue weighted by atomic mass is 32.1. The number of fused-ring (bicyclic) bond motifs is 1. The van der Waals surface area contributed by atoms with E-state index < -0.39 is 0 Å². The molecule has 3 rings (SSSR count). The second-order valence-electron chi connectivity index (χ2n) is 4.92. The van der Waals surface area contributed by atoms with Crippen LogP contribution in [0.5, 0.6) is 0 Å². The topological polar surface area (TPSA) is 55.6 Å². The first-order valence-electron chi connectivity index (χ1n) is 6.52. The lowest BCUT2D eigenvalue weighted by atomic mass is 10.0. The molecule has 0 saturated heterocycles. The Hall–Kier alpha value is -1.07. The largest absolute Gasteiger partial charge is 0.462 e. The lowest BCUT2D eigenvalue weighted by Crippen LogP contribution is -2.32. The van der Waals surface area contributed by atoms with Crippen LogP contribution in [0.1, 0.15) is 40.6 Å². The molecule has 2 aliphatic rings. The normalized spacial score (nSPS) is 19.6. The first-order chi connectivity index (χ1) is 8.70. The van der Waals surface area contributed by atoms with Crippen LogP contribution in [0.15, 0.2) is 0 Å². The van der Waals surface area contributed by atoms with Gasteiger partial charge in [0.25, 0.3) is 0 Å². The van der Waals surface area contributed by atoms with Gasteiger partial charge in [0.05, 0.1) is 12.2 Å². The molecule has 98 valence electrons. The summed E-state index contributed by atoms with van der Waals surface area (Å²) in [5.74, 6) is -0.257. The van der Waals surface area contributed by atoms with Crippen LogP contribution in [-0.2, 0) is 17.7 Å². The molecule has 0 unspecified atom stereocenters. The van der Waals surface area contributed by atoms with Gasteiger partial charge in [-0.1, -0.05) is 0 Å². The molecule has 0 radical (unpaired) electrons. The predicted octanol–water partition coefficient (Wildman–Crippen LogP) is 2.03. The number of hydrogen-bond acceptors (Lipinski definition) is 5. The molecule has 1 aliphatic heterocycles. The van der Waals surface area contributed by atoms with Gasteiger partial charge in [-0.3, -0.25) is 4.90 Å². The maximum atomic E-state index is 11.9. The number of hydrogen-bond donors (Lipinski definition) is 1. The molecule has 5 heteroatoms. The van der Waals surface area contributed by atoms with E-state index in [0.29, 0.717) is 17.2 Å². The highest BCUT2D eigenvalue weighted by molar-refractivity contribution is 7.16. The number of nitrogen functional groups attached to an aromatic ring is 1. The zero-order valence-corrected chi connectivity index (χ0v) is 11.4. The van der Waals surface area contributed by atoms with Crippen LogP contribution in [0.2, 0.25) is 0 Å². The number of carbonyl (C=O) groups is 1. The third-order valence-corrected chi connectivity index (χ3v) is 4.70. The third-order valence-electron chi connectivity index (χ3n) is 3.66. The summed E-state index contributed by atoms with van der Waals surface area (Å²) in [6, 6.07) is 0.771. The Morgan fingerprint density at radius 2 is 2.33 bits per heavy atom. The van der Waals surface area contributed by atoms with Crippen LogP contribution in [0.25, 0.3) is 0 Å². The van der Waals surface area contributed by atoms with Gasteiger partial charge in [0.15, 0.2) is 0 Å². The van der Waals surface area contributed by atoms with Crippen molar-refractivity contribution in [2.75, 3.05) is 18.9 Å². The van der Waals surface area contributed by atoms with Crippen LogP contribution in [0, 0.1) is 0 Å². The number of rotatable bonds is 3. The Bertz CT molecular complexity index is 480. The summed E-state index contributed by atoms with van der Waals surface area (Å²) < 4.78 is 5.09. The van der Waals surface area contributed by atoms with E-state index in [9.17, 15) is 4.79 Å². The Morgan fingerprint density at radius 3 is 3.00 bits per heavy atom. The van der Waals surface area contributed by atoms with Gasteiger partial charge in [-0.25, -0.2) is 4.79 Å². The van der Waals surface area contributed by atoms with Gasteiger partial charge in [-0.2, -0.15) is 0 Å². The molecular formula is C13H18N2O2S. The summed E-state index contributed by atoms with van der Waals surface area (Å²) in [6.07, 6.45) is 3.57. The molecule has 1 aliphatic carbocycles. The smallest absolute Gasteiger partial charge is 0.341 e. The SMILES string of the molecule is CCOC(=O)c1c(N)sc2c1CCN(C1CC1)C2. The average molecular weight is 266 g/mol. The van der Waals surface area contributed by atoms with E-state index in [0.717, 1.165) is 31.1 Å². The highest BCUT2D eigenvalue weighted by Gasteiger charge is 2.34. The summed E-state index contributed by atoms with van der Waals surface area (Å²) >= 11 is 1.56. The number of anilines is 1. The Morgan fingerprint density at radius 1 is 1.56 bits per heavy atom. The van der Waals surface area contributed by atoms with Gasteiger partial charge in [0.1, 0.15) is 5.00 Å². The second-order valence-corrected chi connectivity index (χ2v) is 6.05. The van der Waals surface area contributed by atoms with Crippen molar-refractivity contribution in [2.24, 2.45) is 0 Å². The van der Waals surface area contributed by atoms with Gasteiger partial charge < -0.3 is 10.5 Å². The van der Waals surface area contributed by atoms with Crippen molar-refractivity contribution >= 4 is 22.3 Å². The molecule has 1 aromatic heterocycles. The Kier molecular flexibility index (Phi) is 3.03. The van der Waals surface area contributed by atoms with Gasteiger partial charge in [-0.05, 0) is 31.7 Å². The minimum atomic E-state index is -0.257. The third kappa shape index (κ3) is 2.01. The summed E-state index contributed by atoms with van der Waals surface area (Å²) in [5.41, 5.74) is 7.75. The molecule has 1 fully saturated rings. The zero-order valence-electron chi connectivity index (χ0n) is 10.6. The maximum absolute atomic E-state index is 11.9. The number of ether oxygens (including phenoxy) is 1. The maximum Gasteiger partial charge on any atom is 0.341 e. The van der Waals surface area contributed by atoms with Gasteiger partial charge in [0.2, 0.25) is 0 Å². The molecule has 1 saturated carbocycles. The second kappa shape index (κ2) is 4.55. The molecule has 18 heavy (non-hydrogen) atoms. The summed E-state index contributed by atoms with van der Waals surface area (Å²) in [5, 5.41) is 0.621. The number of carbonyl (C=O) groups excluding carboxylic acids is 1. The molecule has 0 amide bonds. The lowest BCUT2D eigenvalue weighted by molar-refractivity contribution is 0.0526. The van der Waals surface area contributed by atoms with E-state index in [2.05, 4.69) is 4.90 Å². The Balaban J connectivity index is 1.87. The van der Waals surface area contributed by atoms with Crippen molar-refractivity contribution < 1.29 is 9.53 Å². The first kappa shape index (κ1) is 12.0. The van der Waals surface area contributed by atoms with Crippen LogP contribution in [-0.4, -0.2) is 30.1 Å². The van der Waals surface area contributed by atoms with E-state index >= 15 is 0 Å². The molecule has 2 heterocycles. The van der Waals surface area contributed by atoms with Crippen LogP contribution >= 0.6 is 11.3 Å². The minimum absolute atomic E-state index is 0.257. The monoisotopic (exact) mass is 266 g/mol. The first-order valence-corrected chi connectivity index (χ1v) is 7.33. The number of esters is 1. The van der Waals surface area contributed by atoms with E-state index in [1.807, 2.05) is 6.92 Å². The van der Waals surface area contributed by atoms with Gasteiger partial charge in [-0.15, -0.1) is 11.3 Å². The summed E-state index contributed by atoms with van der Waals surface area (Å²) in [4.78, 5) is 15.7. The van der Waals surface area contributed by atoms with E-state index in [1.165, 1.54) is 17.7 Å². The Labute approximate surface area is 111 Å². The van der Waals surface area contributed by atoms with E-state index in [4.69, 9.17) is 10.5 Å². The average Bonchev–Trinajstić information content (AvgIpc) is 3.11. The van der Waals surface area contributed by atoms with Gasteiger partial charge in [0, 0.05) is 24.0 Å². The van der Waals surface area contributed by atoms with Crippen molar-refractivity contribution in [3.8, 4) is 0 Å². The predicted molar refractivity (Wildman–Crippen MR) is 71.8 cm³/mol. The number of nitrogens with two attached hydrogens (primary N) is 1. The molecule has 0 bridgehead atoms. The quantitative estimate of drug-likeness (QED) is 0.851. The fourth-order valence-corrected chi connectivity index (χ4v) is 3.75. The van der Waals surface area contributed by atoms with Gasteiger partial charge >= 0.3 is 5.97 Å². The summed E-state index contributed by atoms with van der Waals surface area (Å²) in [7, 11) is 0. The van der Waals surface area contributed by atoms with E-state index in [-0.39, 0.29) is 5.97 Å². The minimum Gasteiger partial charge on any atom is -0.462 e. The van der Waals surface area contributed by atoms with Crippen molar-refractivity contribution in [1.29, 1.82) is 0 Å². The van der Waals surface area contributed by atoms with E-state index in [1.54, 1.807) is 11.3 Å². The highest BCUT2D eigenvalue weighted by Crippen LogP contribution is 2.38. The molecule has 1 aromatic rings. The standard InChI is InChI=1S/C13H18N2O2S/c1-2-17-13(16)11-9-5-6-15(8-3-4-8)7-10(9)18-12(11)14/h8H,2-7,14H2,1H3. The van der Waals surface area contributed by atoms with Crippen molar-refractivity contribution in [2.45, 2.75) is 38.8 Å². The molecule has 0 atom stereocenters. The molecule has 0 aromatic carbocycles. The van der Waals surface area contributed by atoms with Crippen molar-refractivity contribution in [3.05, 3.63) is 16.0 Å². The van der Waals surface area contributed by atoms with Crippen molar-refractivity contribution in [1.82, 2.24) is 4.90 Å². The zero-order chi connectivity index (χ0) is 12.7. The molecule has 4 nitrogen and oxygen atoms in total. The molecule has 0 spiro atoms.